The second kappa shape index (κ2) is 15.6. The van der Waals surface area contributed by atoms with Crippen molar-refractivity contribution in [1.29, 1.82) is 0 Å². The number of anilines is 5. The Morgan fingerprint density at radius 1 is 0.625 bits per heavy atom. The van der Waals surface area contributed by atoms with Gasteiger partial charge in [0.05, 0.1) is 39.8 Å². The number of methoxy groups -OCH3 is 1. The highest BCUT2D eigenvalue weighted by Crippen LogP contribution is 2.32. The SMILES string of the molecule is COc1cc(C=NNc2nc(N3CCCCC3)nc(N3CCCCC3)n2)ccc1Oc1nc(N2CCOCC2)nc(N2CCOCC2)n1. The van der Waals surface area contributed by atoms with Crippen molar-refractivity contribution in [2.45, 2.75) is 38.5 Å². The maximum atomic E-state index is 6.23. The summed E-state index contributed by atoms with van der Waals surface area (Å²) >= 11 is 0. The lowest BCUT2D eigenvalue weighted by molar-refractivity contribution is 0.121. The molecule has 0 bridgehead atoms. The van der Waals surface area contributed by atoms with Gasteiger partial charge in [-0.25, -0.2) is 5.43 Å². The lowest BCUT2D eigenvalue weighted by atomic mass is 10.1. The highest BCUT2D eigenvalue weighted by Gasteiger charge is 2.23. The number of aromatic nitrogens is 6. The van der Waals surface area contributed by atoms with E-state index in [1.807, 2.05) is 18.2 Å². The minimum Gasteiger partial charge on any atom is -0.493 e. The maximum absolute atomic E-state index is 6.23. The normalized spacial score (nSPS) is 19.1. The Hall–Kier alpha value is -4.57. The molecule has 0 atom stereocenters. The average molecular weight is 661 g/mol. The third-order valence-electron chi connectivity index (χ3n) is 8.84. The number of morpholine rings is 2. The van der Waals surface area contributed by atoms with E-state index in [0.717, 1.165) is 57.4 Å². The molecule has 7 rings (SSSR count). The van der Waals surface area contributed by atoms with E-state index in [4.69, 9.17) is 38.9 Å². The topological polar surface area (TPSA) is 152 Å². The lowest BCUT2D eigenvalue weighted by Crippen LogP contribution is -2.40. The number of rotatable bonds is 10. The molecule has 0 aliphatic carbocycles. The fraction of sp³-hybridized carbons (Fsp3) is 0.594. The van der Waals surface area contributed by atoms with Crippen molar-refractivity contribution in [1.82, 2.24) is 29.9 Å². The molecule has 4 aliphatic heterocycles. The molecule has 2 aromatic heterocycles. The summed E-state index contributed by atoms with van der Waals surface area (Å²) < 4.78 is 23.0. The lowest BCUT2D eigenvalue weighted by Gasteiger charge is -2.30. The first-order chi connectivity index (χ1) is 23.7. The average Bonchev–Trinajstić information content (AvgIpc) is 3.16. The highest BCUT2D eigenvalue weighted by molar-refractivity contribution is 5.81. The van der Waals surface area contributed by atoms with E-state index in [1.54, 1.807) is 13.3 Å². The molecule has 0 spiro atoms. The molecular formula is C32H44N12O4. The number of hydrogen-bond donors (Lipinski definition) is 1. The smallest absolute Gasteiger partial charge is 0.328 e. The van der Waals surface area contributed by atoms with Crippen molar-refractivity contribution in [3.63, 3.8) is 0 Å². The first kappa shape index (κ1) is 32.0. The van der Waals surface area contributed by atoms with Gasteiger partial charge in [0.2, 0.25) is 29.7 Å². The highest BCUT2D eigenvalue weighted by atomic mass is 16.5. The van der Waals surface area contributed by atoms with Gasteiger partial charge in [-0.1, -0.05) is 0 Å². The zero-order valence-electron chi connectivity index (χ0n) is 27.6. The minimum atomic E-state index is 0.193. The molecular weight excluding hydrogens is 616 g/mol. The summed E-state index contributed by atoms with van der Waals surface area (Å²) in [4.78, 5) is 37.1. The Labute approximate surface area is 280 Å². The molecule has 4 fully saturated rings. The van der Waals surface area contributed by atoms with Gasteiger partial charge < -0.3 is 38.5 Å². The zero-order chi connectivity index (χ0) is 32.5. The van der Waals surface area contributed by atoms with E-state index >= 15 is 0 Å². The second-order valence-electron chi connectivity index (χ2n) is 12.2. The van der Waals surface area contributed by atoms with E-state index in [1.165, 1.54) is 12.8 Å². The molecule has 48 heavy (non-hydrogen) atoms. The summed E-state index contributed by atoms with van der Waals surface area (Å²) in [7, 11) is 1.60. The number of hydrogen-bond acceptors (Lipinski definition) is 16. The fourth-order valence-electron chi connectivity index (χ4n) is 6.18. The molecule has 6 heterocycles. The van der Waals surface area contributed by atoms with Crippen LogP contribution in [0, 0.1) is 0 Å². The first-order valence-electron chi connectivity index (χ1n) is 17.0. The molecule has 0 radical (unpaired) electrons. The second-order valence-corrected chi connectivity index (χ2v) is 12.2. The van der Waals surface area contributed by atoms with Crippen LogP contribution in [0.3, 0.4) is 0 Å². The summed E-state index contributed by atoms with van der Waals surface area (Å²) in [6, 6.07) is 5.75. The number of nitrogens with one attached hydrogen (secondary N) is 1. The molecule has 4 saturated heterocycles. The molecule has 16 nitrogen and oxygen atoms in total. The van der Waals surface area contributed by atoms with Crippen molar-refractivity contribution in [2.24, 2.45) is 5.10 Å². The summed E-state index contributed by atoms with van der Waals surface area (Å²) in [6.07, 6.45) is 8.75. The Morgan fingerprint density at radius 2 is 1.12 bits per heavy atom. The van der Waals surface area contributed by atoms with Crippen molar-refractivity contribution in [3.05, 3.63) is 23.8 Å². The largest absolute Gasteiger partial charge is 0.493 e. The molecule has 1 aromatic carbocycles. The van der Waals surface area contributed by atoms with Crippen molar-refractivity contribution in [3.8, 4) is 17.5 Å². The maximum Gasteiger partial charge on any atom is 0.328 e. The van der Waals surface area contributed by atoms with Crippen LogP contribution in [0.1, 0.15) is 44.1 Å². The van der Waals surface area contributed by atoms with Crippen LogP contribution in [-0.4, -0.2) is 122 Å². The molecule has 1 N–H and O–H groups in total. The van der Waals surface area contributed by atoms with E-state index in [-0.39, 0.29) is 6.01 Å². The third kappa shape index (κ3) is 7.93. The van der Waals surface area contributed by atoms with Gasteiger partial charge in [0.25, 0.3) is 0 Å². The first-order valence-corrected chi connectivity index (χ1v) is 17.0. The molecule has 0 unspecified atom stereocenters. The molecule has 4 aliphatic rings. The zero-order valence-corrected chi connectivity index (χ0v) is 27.6. The summed E-state index contributed by atoms with van der Waals surface area (Å²) in [6.45, 7) is 9.06. The molecule has 16 heteroatoms. The van der Waals surface area contributed by atoms with Gasteiger partial charge in [0, 0.05) is 52.4 Å². The van der Waals surface area contributed by atoms with E-state index < -0.39 is 0 Å². The molecule has 0 amide bonds. The fourth-order valence-corrected chi connectivity index (χ4v) is 6.18. The molecule has 3 aromatic rings. The summed E-state index contributed by atoms with van der Waals surface area (Å²) in [5, 5.41) is 4.47. The number of hydrazone groups is 1. The standard InChI is InChI=1S/C32H44N12O4/c1-45-26-22-24(23-33-40-27-34-28(41-10-4-2-5-11-41)36-29(35-27)42-12-6-3-7-13-42)8-9-25(26)48-32-38-30(43-14-18-46-19-15-43)37-31(39-32)44-16-20-47-21-17-44/h8-9,22-23H,2-7,10-21H2,1H3,(H,34,35,36,40). The minimum absolute atomic E-state index is 0.193. The van der Waals surface area contributed by atoms with Crippen LogP contribution in [0.15, 0.2) is 23.3 Å². The van der Waals surface area contributed by atoms with Crippen LogP contribution >= 0.6 is 0 Å². The van der Waals surface area contributed by atoms with Crippen LogP contribution in [0.2, 0.25) is 0 Å². The number of piperidine rings is 2. The molecule has 256 valence electrons. The Morgan fingerprint density at radius 3 is 1.65 bits per heavy atom. The van der Waals surface area contributed by atoms with Crippen LogP contribution in [-0.2, 0) is 9.47 Å². The van der Waals surface area contributed by atoms with Gasteiger partial charge in [-0.15, -0.1) is 0 Å². The molecule has 0 saturated carbocycles. The summed E-state index contributed by atoms with van der Waals surface area (Å²) in [5.74, 6) is 3.95. The van der Waals surface area contributed by atoms with Crippen molar-refractivity contribution >= 4 is 36.0 Å². The van der Waals surface area contributed by atoms with E-state index in [9.17, 15) is 0 Å². The Balaban J connectivity index is 1.08. The van der Waals surface area contributed by atoms with Crippen LogP contribution in [0.5, 0.6) is 17.5 Å². The van der Waals surface area contributed by atoms with E-state index in [2.05, 4.69) is 40.1 Å². The predicted octanol–water partition coefficient (Wildman–Crippen LogP) is 2.96. The van der Waals surface area contributed by atoms with Gasteiger partial charge >= 0.3 is 6.01 Å². The van der Waals surface area contributed by atoms with E-state index in [0.29, 0.717) is 93.8 Å². The van der Waals surface area contributed by atoms with Crippen molar-refractivity contribution in [2.75, 3.05) is 111 Å². The van der Waals surface area contributed by atoms with Crippen LogP contribution in [0.25, 0.3) is 0 Å². The van der Waals surface area contributed by atoms with Crippen LogP contribution < -0.4 is 34.5 Å². The monoisotopic (exact) mass is 660 g/mol. The Kier molecular flexibility index (Phi) is 10.4. The van der Waals surface area contributed by atoms with Gasteiger partial charge in [-0.2, -0.15) is 35.0 Å². The van der Waals surface area contributed by atoms with Gasteiger partial charge in [0.1, 0.15) is 0 Å². The van der Waals surface area contributed by atoms with Crippen molar-refractivity contribution < 1.29 is 18.9 Å². The van der Waals surface area contributed by atoms with Gasteiger partial charge in [-0.05, 0) is 62.3 Å². The number of ether oxygens (including phenoxy) is 4. The number of nitrogens with zero attached hydrogens (tertiary/aromatic N) is 11. The van der Waals surface area contributed by atoms with Gasteiger partial charge in [-0.3, -0.25) is 0 Å². The Bertz CT molecular complexity index is 1460. The number of benzene rings is 1. The predicted molar refractivity (Wildman–Crippen MR) is 182 cm³/mol. The van der Waals surface area contributed by atoms with Crippen LogP contribution in [0.4, 0.5) is 29.7 Å². The summed E-state index contributed by atoms with van der Waals surface area (Å²) in [5.41, 5.74) is 3.84. The quantitative estimate of drug-likeness (QED) is 0.250. The third-order valence-corrected chi connectivity index (χ3v) is 8.84. The van der Waals surface area contributed by atoms with Gasteiger partial charge in [0.15, 0.2) is 11.5 Å².